The number of hydrogen-bond acceptors (Lipinski definition) is 6. The zero-order valence-electron chi connectivity index (χ0n) is 17.2. The molecule has 166 valence electrons. The van der Waals surface area contributed by atoms with Gasteiger partial charge in [-0.15, -0.1) is 0 Å². The SMILES string of the molecule is C[C@]12C=CC(=O)C=C1CC[C@@H]1[C@@H]2[C@H](O)C[C@@]2(C)[C@H]1CC[C@@]2(O)C(=O)COP(=O)(O)O. The van der Waals surface area contributed by atoms with Crippen LogP contribution in [-0.2, 0) is 18.7 Å². The molecule has 30 heavy (non-hydrogen) atoms. The first-order valence-electron chi connectivity index (χ1n) is 10.4. The van der Waals surface area contributed by atoms with Crippen molar-refractivity contribution in [2.45, 2.75) is 57.7 Å². The topological polar surface area (TPSA) is 141 Å². The van der Waals surface area contributed by atoms with Gasteiger partial charge in [0.25, 0.3) is 0 Å². The van der Waals surface area contributed by atoms with Gasteiger partial charge in [-0.2, -0.15) is 0 Å². The molecule has 4 aliphatic carbocycles. The zero-order chi connectivity index (χ0) is 22.1. The number of allylic oxidation sites excluding steroid dienone is 4. The summed E-state index contributed by atoms with van der Waals surface area (Å²) in [5.74, 6) is -0.888. The predicted molar refractivity (Wildman–Crippen MR) is 106 cm³/mol. The van der Waals surface area contributed by atoms with Crippen LogP contribution in [0.5, 0.6) is 0 Å². The van der Waals surface area contributed by atoms with Gasteiger partial charge < -0.3 is 20.0 Å². The van der Waals surface area contributed by atoms with Crippen molar-refractivity contribution >= 4 is 19.4 Å². The molecule has 0 amide bonds. The molecule has 4 aliphatic rings. The lowest BCUT2D eigenvalue weighted by atomic mass is 9.46. The highest BCUT2D eigenvalue weighted by molar-refractivity contribution is 7.46. The van der Waals surface area contributed by atoms with E-state index in [2.05, 4.69) is 4.52 Å². The number of carbonyl (C=O) groups excluding carboxylic acids is 2. The van der Waals surface area contributed by atoms with Gasteiger partial charge in [-0.25, -0.2) is 4.57 Å². The molecule has 4 N–H and O–H groups in total. The number of phosphoric acid groups is 1. The second-order valence-corrected chi connectivity index (χ2v) is 11.0. The van der Waals surface area contributed by atoms with Crippen LogP contribution in [0.25, 0.3) is 0 Å². The summed E-state index contributed by atoms with van der Waals surface area (Å²) in [6.45, 7) is 2.97. The summed E-state index contributed by atoms with van der Waals surface area (Å²) in [7, 11) is -4.84. The van der Waals surface area contributed by atoms with Crippen LogP contribution in [0.1, 0.15) is 46.0 Å². The molecular formula is C21H29O8P. The van der Waals surface area contributed by atoms with E-state index in [1.807, 2.05) is 13.0 Å². The molecule has 0 heterocycles. The van der Waals surface area contributed by atoms with Crippen LogP contribution in [0.2, 0.25) is 0 Å². The maximum Gasteiger partial charge on any atom is 0.470 e. The molecule has 4 rings (SSSR count). The molecule has 0 aromatic heterocycles. The van der Waals surface area contributed by atoms with E-state index in [1.165, 1.54) is 0 Å². The van der Waals surface area contributed by atoms with Gasteiger partial charge in [-0.1, -0.05) is 25.5 Å². The Labute approximate surface area is 175 Å². The van der Waals surface area contributed by atoms with E-state index in [0.29, 0.717) is 6.42 Å². The zero-order valence-corrected chi connectivity index (χ0v) is 18.0. The van der Waals surface area contributed by atoms with E-state index in [4.69, 9.17) is 9.79 Å². The Balaban J connectivity index is 1.65. The molecule has 0 aromatic rings. The third-order valence-electron chi connectivity index (χ3n) is 8.47. The molecule has 0 spiro atoms. The molecular weight excluding hydrogens is 411 g/mol. The minimum absolute atomic E-state index is 0.0284. The van der Waals surface area contributed by atoms with Gasteiger partial charge >= 0.3 is 7.82 Å². The van der Waals surface area contributed by atoms with Crippen LogP contribution in [0.15, 0.2) is 23.8 Å². The van der Waals surface area contributed by atoms with E-state index >= 15 is 0 Å². The maximum atomic E-state index is 12.8. The summed E-state index contributed by atoms with van der Waals surface area (Å²) in [5.41, 5.74) is -2.15. The smallest absolute Gasteiger partial charge is 0.393 e. The highest BCUT2D eigenvalue weighted by atomic mass is 31.2. The number of ketones is 2. The molecule has 3 saturated carbocycles. The van der Waals surface area contributed by atoms with Crippen LogP contribution in [0.4, 0.5) is 0 Å². The van der Waals surface area contributed by atoms with E-state index in [1.54, 1.807) is 19.1 Å². The minimum Gasteiger partial charge on any atom is -0.393 e. The monoisotopic (exact) mass is 440 g/mol. The Bertz CT molecular complexity index is 889. The second-order valence-electron chi connectivity index (χ2n) is 9.80. The summed E-state index contributed by atoms with van der Waals surface area (Å²) in [6, 6.07) is 0. The van der Waals surface area contributed by atoms with Crippen LogP contribution in [0, 0.1) is 28.6 Å². The van der Waals surface area contributed by atoms with Crippen LogP contribution < -0.4 is 0 Å². The van der Waals surface area contributed by atoms with Crippen molar-refractivity contribution in [1.29, 1.82) is 0 Å². The highest BCUT2D eigenvalue weighted by Crippen LogP contribution is 2.67. The Morgan fingerprint density at radius 3 is 2.67 bits per heavy atom. The number of carbonyl (C=O) groups is 2. The fourth-order valence-electron chi connectivity index (χ4n) is 7.05. The average molecular weight is 440 g/mol. The summed E-state index contributed by atoms with van der Waals surface area (Å²) in [5, 5.41) is 22.6. The third kappa shape index (κ3) is 3.12. The third-order valence-corrected chi connectivity index (χ3v) is 8.94. The average Bonchev–Trinajstić information content (AvgIpc) is 2.91. The lowest BCUT2D eigenvalue weighted by Gasteiger charge is -2.59. The van der Waals surface area contributed by atoms with E-state index in [0.717, 1.165) is 18.4 Å². The molecule has 9 heteroatoms. The normalized spacial score (nSPS) is 45.4. The molecule has 0 bridgehead atoms. The Hall–Kier alpha value is -1.15. The number of phosphoric ester groups is 1. The molecule has 0 saturated heterocycles. The van der Waals surface area contributed by atoms with Crippen molar-refractivity contribution in [1.82, 2.24) is 0 Å². The second kappa shape index (κ2) is 6.92. The minimum atomic E-state index is -4.84. The highest BCUT2D eigenvalue weighted by Gasteiger charge is 2.68. The lowest BCUT2D eigenvalue weighted by Crippen LogP contribution is -2.61. The molecule has 7 atom stereocenters. The Morgan fingerprint density at radius 1 is 1.30 bits per heavy atom. The summed E-state index contributed by atoms with van der Waals surface area (Å²) in [6.07, 6.45) is 6.76. The molecule has 0 radical (unpaired) electrons. The fourth-order valence-corrected chi connectivity index (χ4v) is 7.34. The summed E-state index contributed by atoms with van der Waals surface area (Å²) >= 11 is 0. The van der Waals surface area contributed by atoms with Crippen molar-refractivity contribution in [3.63, 3.8) is 0 Å². The van der Waals surface area contributed by atoms with Crippen molar-refractivity contribution in [3.05, 3.63) is 23.8 Å². The van der Waals surface area contributed by atoms with Crippen LogP contribution in [-0.4, -0.2) is 49.9 Å². The van der Waals surface area contributed by atoms with E-state index in [-0.39, 0.29) is 36.4 Å². The molecule has 0 aromatic carbocycles. The standard InChI is InChI=1S/C21H29O8P/c1-19-7-5-13(22)9-12(19)3-4-14-15-6-8-21(25,17(24)11-29-30(26,27)28)20(15,2)10-16(23)18(14)19/h5,7,9,14-16,18,23,25H,3-4,6,8,10-11H2,1-2H3,(H2,26,27,28)/t14-,15-,16+,18+,19-,20-,21+/m0/s1. The van der Waals surface area contributed by atoms with E-state index in [9.17, 15) is 24.4 Å². The number of aliphatic hydroxyl groups excluding tert-OH is 1. The number of hydrogen-bond donors (Lipinski definition) is 4. The number of Topliss-reactive ketones (excluding diaryl/α,β-unsaturated/α-hetero) is 1. The summed E-state index contributed by atoms with van der Waals surface area (Å²) in [4.78, 5) is 42.5. The van der Waals surface area contributed by atoms with Gasteiger partial charge in [0, 0.05) is 16.7 Å². The first kappa shape index (κ1) is 22.1. The number of fused-ring (bicyclic) bond motifs is 5. The first-order chi connectivity index (χ1) is 13.8. The van der Waals surface area contributed by atoms with Gasteiger partial charge in [0.2, 0.25) is 0 Å². The molecule has 3 fully saturated rings. The van der Waals surface area contributed by atoms with Gasteiger partial charge in [-0.3, -0.25) is 14.1 Å². The van der Waals surface area contributed by atoms with Crippen molar-refractivity contribution in [2.24, 2.45) is 28.6 Å². The number of rotatable bonds is 4. The largest absolute Gasteiger partial charge is 0.470 e. The van der Waals surface area contributed by atoms with Gasteiger partial charge in [0.1, 0.15) is 12.2 Å². The summed E-state index contributed by atoms with van der Waals surface area (Å²) < 4.78 is 15.4. The first-order valence-corrected chi connectivity index (χ1v) is 11.9. The maximum absolute atomic E-state index is 12.8. The molecule has 8 nitrogen and oxygen atoms in total. The van der Waals surface area contributed by atoms with Gasteiger partial charge in [0.05, 0.1) is 6.10 Å². The van der Waals surface area contributed by atoms with Crippen molar-refractivity contribution in [3.8, 4) is 0 Å². The van der Waals surface area contributed by atoms with Crippen molar-refractivity contribution < 1.29 is 38.7 Å². The van der Waals surface area contributed by atoms with E-state index < -0.39 is 42.7 Å². The molecule has 0 unspecified atom stereocenters. The quantitative estimate of drug-likeness (QED) is 0.484. The van der Waals surface area contributed by atoms with Crippen LogP contribution >= 0.6 is 7.82 Å². The number of aliphatic hydroxyl groups is 2. The Morgan fingerprint density at radius 2 is 2.00 bits per heavy atom. The Kier molecular flexibility index (Phi) is 5.09. The lowest BCUT2D eigenvalue weighted by molar-refractivity contribution is -0.178. The van der Waals surface area contributed by atoms with Crippen molar-refractivity contribution in [2.75, 3.05) is 6.61 Å². The predicted octanol–water partition coefficient (Wildman–Crippen LogP) is 1.67. The van der Waals surface area contributed by atoms with Gasteiger partial charge in [0.15, 0.2) is 11.6 Å². The fraction of sp³-hybridized carbons (Fsp3) is 0.714. The van der Waals surface area contributed by atoms with Crippen LogP contribution in [0.3, 0.4) is 0 Å². The molecule has 0 aliphatic heterocycles. The van der Waals surface area contributed by atoms with Gasteiger partial charge in [-0.05, 0) is 56.1 Å².